The van der Waals surface area contributed by atoms with Crippen LogP contribution >= 0.6 is 22.9 Å². The average molecular weight is 611 g/mol. The van der Waals surface area contributed by atoms with E-state index in [1.807, 2.05) is 30.3 Å². The van der Waals surface area contributed by atoms with Gasteiger partial charge in [-0.3, -0.25) is 14.5 Å². The summed E-state index contributed by atoms with van der Waals surface area (Å²) < 4.78 is 18.0. The summed E-state index contributed by atoms with van der Waals surface area (Å²) in [5.41, 5.74) is 2.53. The predicted molar refractivity (Wildman–Crippen MR) is 164 cm³/mol. The number of Topliss-reactive ketones (excluding diaryl/α,β-unsaturated/α-hetero) is 1. The van der Waals surface area contributed by atoms with E-state index in [1.165, 1.54) is 16.2 Å². The van der Waals surface area contributed by atoms with Crippen molar-refractivity contribution in [2.75, 3.05) is 18.1 Å². The Kier molecular flexibility index (Phi) is 6.96. The van der Waals surface area contributed by atoms with Crippen molar-refractivity contribution in [3.8, 4) is 17.2 Å². The van der Waals surface area contributed by atoms with E-state index in [9.17, 15) is 14.7 Å². The Morgan fingerprint density at radius 1 is 0.953 bits per heavy atom. The topological polar surface area (TPSA) is 98.2 Å². The molecule has 3 heterocycles. The van der Waals surface area contributed by atoms with E-state index in [4.69, 9.17) is 25.8 Å². The molecule has 5 aromatic rings. The number of carbonyl (C=O) groups is 2. The number of ether oxygens (including phenoxy) is 3. The fraction of sp³-hybridized carbons (Fsp3) is 0.121. The van der Waals surface area contributed by atoms with E-state index in [0.29, 0.717) is 63.9 Å². The lowest BCUT2D eigenvalue weighted by atomic mass is 9.95. The first kappa shape index (κ1) is 27.0. The number of ketones is 1. The van der Waals surface area contributed by atoms with E-state index in [1.54, 1.807) is 60.7 Å². The molecule has 1 N–H and O–H groups in total. The summed E-state index contributed by atoms with van der Waals surface area (Å²) in [5.74, 6) is -0.330. The van der Waals surface area contributed by atoms with Gasteiger partial charge in [0.2, 0.25) is 0 Å². The third kappa shape index (κ3) is 5.07. The van der Waals surface area contributed by atoms with Crippen molar-refractivity contribution in [3.05, 3.63) is 118 Å². The van der Waals surface area contributed by atoms with Crippen LogP contribution in [0.3, 0.4) is 0 Å². The van der Waals surface area contributed by atoms with Gasteiger partial charge in [-0.15, -0.1) is 0 Å². The molecule has 4 aromatic carbocycles. The quantitative estimate of drug-likeness (QED) is 0.126. The van der Waals surface area contributed by atoms with Crippen LogP contribution in [0.2, 0.25) is 5.02 Å². The fourth-order valence-corrected chi connectivity index (χ4v) is 6.44. The molecular formula is C33H23ClN2O6S. The SMILES string of the molecule is O=C1C(=O)N(c2nc3ccc(Cl)cc3s2)C(c2ccc(OCc3ccccc3)cc2)/C1=C(\O)c1ccc2c(c1)OCCO2. The Balaban J connectivity index is 1.31. The van der Waals surface area contributed by atoms with E-state index in [-0.39, 0.29) is 11.3 Å². The van der Waals surface area contributed by atoms with Crippen molar-refractivity contribution in [2.24, 2.45) is 0 Å². The molecule has 1 fully saturated rings. The fourth-order valence-electron chi connectivity index (χ4n) is 5.17. The molecule has 2 aliphatic heterocycles. The first-order valence-electron chi connectivity index (χ1n) is 13.5. The Morgan fingerprint density at radius 2 is 1.72 bits per heavy atom. The lowest BCUT2D eigenvalue weighted by Gasteiger charge is -2.23. The van der Waals surface area contributed by atoms with Crippen molar-refractivity contribution >= 4 is 55.7 Å². The van der Waals surface area contributed by atoms with Crippen LogP contribution < -0.4 is 19.1 Å². The summed E-state index contributed by atoms with van der Waals surface area (Å²) in [6, 6.07) is 26.1. The molecule has 7 rings (SSSR count). The predicted octanol–water partition coefficient (Wildman–Crippen LogP) is 6.93. The van der Waals surface area contributed by atoms with Crippen molar-refractivity contribution in [1.82, 2.24) is 4.98 Å². The van der Waals surface area contributed by atoms with Gasteiger partial charge in [-0.05, 0) is 59.7 Å². The Morgan fingerprint density at radius 3 is 2.51 bits per heavy atom. The molecule has 214 valence electrons. The number of anilines is 1. The first-order valence-corrected chi connectivity index (χ1v) is 14.7. The molecule has 1 saturated heterocycles. The van der Waals surface area contributed by atoms with Crippen molar-refractivity contribution in [1.29, 1.82) is 0 Å². The number of fused-ring (bicyclic) bond motifs is 2. The van der Waals surface area contributed by atoms with E-state index >= 15 is 0 Å². The van der Waals surface area contributed by atoms with Gasteiger partial charge in [0.25, 0.3) is 5.78 Å². The third-order valence-electron chi connectivity index (χ3n) is 7.25. The van der Waals surface area contributed by atoms with E-state index < -0.39 is 17.7 Å². The monoisotopic (exact) mass is 610 g/mol. The normalized spacial score (nSPS) is 17.4. The molecule has 0 aliphatic carbocycles. The number of amides is 1. The van der Waals surface area contributed by atoms with Crippen LogP contribution in [0, 0.1) is 0 Å². The number of aliphatic hydroxyl groups is 1. The maximum atomic E-state index is 13.6. The smallest absolute Gasteiger partial charge is 0.301 e. The highest BCUT2D eigenvalue weighted by atomic mass is 35.5. The second-order valence-electron chi connectivity index (χ2n) is 9.98. The molecule has 0 bridgehead atoms. The van der Waals surface area contributed by atoms with Crippen LogP contribution in [0.25, 0.3) is 16.0 Å². The van der Waals surface area contributed by atoms with E-state index in [2.05, 4.69) is 4.98 Å². The highest BCUT2D eigenvalue weighted by molar-refractivity contribution is 7.22. The number of nitrogens with zero attached hydrogens (tertiary/aromatic N) is 2. The number of halogens is 1. The minimum Gasteiger partial charge on any atom is -0.507 e. The summed E-state index contributed by atoms with van der Waals surface area (Å²) >= 11 is 7.44. The van der Waals surface area contributed by atoms with Gasteiger partial charge in [0.05, 0.1) is 21.8 Å². The standard InChI is InChI=1S/C33H23ClN2O6S/c34-22-9-12-24-27(17-22)43-33(35-24)36-29(20-6-10-23(11-7-20)42-18-19-4-2-1-3-5-19)28(31(38)32(36)39)30(37)21-8-13-25-26(16-21)41-15-14-40-25/h1-13,16-17,29,37H,14-15,18H2/b30-28+. The zero-order chi connectivity index (χ0) is 29.5. The molecule has 1 atom stereocenters. The molecule has 1 amide bonds. The van der Waals surface area contributed by atoms with Gasteiger partial charge in [0, 0.05) is 10.6 Å². The number of benzene rings is 4. The molecule has 1 unspecified atom stereocenters. The minimum absolute atomic E-state index is 0.0584. The Hall–Kier alpha value is -4.86. The molecule has 10 heteroatoms. The molecule has 0 saturated carbocycles. The molecule has 43 heavy (non-hydrogen) atoms. The summed E-state index contributed by atoms with van der Waals surface area (Å²) in [6.07, 6.45) is 0. The number of rotatable bonds is 6. The van der Waals surface area contributed by atoms with Crippen LogP contribution in [-0.2, 0) is 16.2 Å². The van der Waals surface area contributed by atoms with E-state index in [0.717, 1.165) is 10.3 Å². The highest BCUT2D eigenvalue weighted by Gasteiger charge is 2.48. The lowest BCUT2D eigenvalue weighted by molar-refractivity contribution is -0.132. The van der Waals surface area contributed by atoms with Crippen molar-refractivity contribution in [2.45, 2.75) is 12.6 Å². The van der Waals surface area contributed by atoms with Gasteiger partial charge in [-0.1, -0.05) is 65.4 Å². The number of hydrogen-bond donors (Lipinski definition) is 1. The summed E-state index contributed by atoms with van der Waals surface area (Å²) in [4.78, 5) is 33.3. The number of hydrogen-bond acceptors (Lipinski definition) is 8. The van der Waals surface area contributed by atoms with Gasteiger partial charge < -0.3 is 19.3 Å². The number of aliphatic hydroxyl groups excluding tert-OH is 1. The molecular weight excluding hydrogens is 588 g/mol. The molecule has 0 radical (unpaired) electrons. The number of carbonyl (C=O) groups excluding carboxylic acids is 2. The molecule has 8 nitrogen and oxygen atoms in total. The zero-order valence-electron chi connectivity index (χ0n) is 22.5. The Bertz CT molecular complexity index is 1900. The van der Waals surface area contributed by atoms with Crippen LogP contribution in [0.15, 0.2) is 96.6 Å². The minimum atomic E-state index is -0.951. The maximum absolute atomic E-state index is 13.6. The maximum Gasteiger partial charge on any atom is 0.301 e. The molecule has 1 aromatic heterocycles. The summed E-state index contributed by atoms with van der Waals surface area (Å²) in [5, 5.41) is 12.4. The van der Waals surface area contributed by atoms with Gasteiger partial charge in [0.1, 0.15) is 31.3 Å². The second kappa shape index (κ2) is 11.1. The molecule has 2 aliphatic rings. The summed E-state index contributed by atoms with van der Waals surface area (Å²) in [6.45, 7) is 1.17. The first-order chi connectivity index (χ1) is 21.0. The van der Waals surface area contributed by atoms with Crippen LogP contribution in [0.5, 0.6) is 17.2 Å². The van der Waals surface area contributed by atoms with Crippen LogP contribution in [0.4, 0.5) is 5.13 Å². The average Bonchev–Trinajstić information content (AvgIpc) is 3.57. The number of thiazole rings is 1. The van der Waals surface area contributed by atoms with Gasteiger partial charge in [0.15, 0.2) is 16.6 Å². The van der Waals surface area contributed by atoms with Gasteiger partial charge in [-0.25, -0.2) is 4.98 Å². The zero-order valence-corrected chi connectivity index (χ0v) is 24.1. The van der Waals surface area contributed by atoms with Gasteiger partial charge in [-0.2, -0.15) is 0 Å². The summed E-state index contributed by atoms with van der Waals surface area (Å²) in [7, 11) is 0. The van der Waals surface area contributed by atoms with Crippen LogP contribution in [0.1, 0.15) is 22.7 Å². The lowest BCUT2D eigenvalue weighted by Crippen LogP contribution is -2.29. The largest absolute Gasteiger partial charge is 0.507 e. The number of aromatic nitrogens is 1. The third-order valence-corrected chi connectivity index (χ3v) is 8.50. The van der Waals surface area contributed by atoms with Gasteiger partial charge >= 0.3 is 5.91 Å². The molecule has 0 spiro atoms. The Labute approximate surface area is 255 Å². The highest BCUT2D eigenvalue weighted by Crippen LogP contribution is 2.45. The van der Waals surface area contributed by atoms with Crippen LogP contribution in [-0.4, -0.2) is 35.0 Å². The second-order valence-corrected chi connectivity index (χ2v) is 11.4. The van der Waals surface area contributed by atoms with Crippen molar-refractivity contribution < 1.29 is 28.9 Å². The van der Waals surface area contributed by atoms with Crippen molar-refractivity contribution in [3.63, 3.8) is 0 Å².